The average Bonchev–Trinajstić information content (AvgIpc) is 2.67. The molecule has 2 aromatic heterocycles. The molecule has 1 N–H and O–H groups in total. The number of benzene rings is 2. The molecule has 4 aromatic rings. The summed E-state index contributed by atoms with van der Waals surface area (Å²) < 4.78 is 13.4. The molecule has 0 bridgehead atoms. The van der Waals surface area contributed by atoms with Gasteiger partial charge in [-0.2, -0.15) is 0 Å². The molecule has 0 radical (unpaired) electrons. The molecule has 0 unspecified atom stereocenters. The van der Waals surface area contributed by atoms with Gasteiger partial charge in [-0.25, -0.2) is 19.3 Å². The third-order valence-corrected chi connectivity index (χ3v) is 3.98. The molecule has 2 heterocycles. The van der Waals surface area contributed by atoms with Crippen molar-refractivity contribution in [1.29, 1.82) is 0 Å². The van der Waals surface area contributed by atoms with Gasteiger partial charge in [0.05, 0.1) is 17.8 Å². The molecule has 25 heavy (non-hydrogen) atoms. The van der Waals surface area contributed by atoms with E-state index in [2.05, 4.69) is 15.0 Å². The summed E-state index contributed by atoms with van der Waals surface area (Å²) in [7, 11) is 0. The number of hydrogen-bond acceptors (Lipinski definition) is 4. The van der Waals surface area contributed by atoms with Gasteiger partial charge in [0.2, 0.25) is 0 Å². The highest BCUT2D eigenvalue weighted by Gasteiger charge is 2.10. The molecule has 0 aliphatic rings. The van der Waals surface area contributed by atoms with Crippen LogP contribution in [0.2, 0.25) is 0 Å². The van der Waals surface area contributed by atoms with E-state index in [0.717, 1.165) is 10.9 Å². The second kappa shape index (κ2) is 6.37. The maximum absolute atomic E-state index is 13.4. The first-order valence-corrected chi connectivity index (χ1v) is 7.83. The highest BCUT2D eigenvalue weighted by Crippen LogP contribution is 2.25. The Balaban J connectivity index is 1.81. The van der Waals surface area contributed by atoms with Gasteiger partial charge in [-0.15, -0.1) is 0 Å². The second-order valence-electron chi connectivity index (χ2n) is 5.62. The molecule has 5 heteroatoms. The number of hydrogen-bond donors (Lipinski definition) is 1. The molecule has 0 fully saturated rings. The fraction of sp³-hybridized carbons (Fsp3) is 0.0500. The smallest absolute Gasteiger partial charge is 0.178 e. The van der Waals surface area contributed by atoms with Crippen molar-refractivity contribution < 1.29 is 9.50 Å². The molecule has 0 aliphatic heterocycles. The van der Waals surface area contributed by atoms with Crippen molar-refractivity contribution in [2.75, 3.05) is 0 Å². The van der Waals surface area contributed by atoms with Crippen molar-refractivity contribution in [3.05, 3.63) is 78.2 Å². The van der Waals surface area contributed by atoms with E-state index in [1.54, 1.807) is 12.3 Å². The highest BCUT2D eigenvalue weighted by atomic mass is 19.1. The summed E-state index contributed by atoms with van der Waals surface area (Å²) in [4.78, 5) is 13.5. The molecule has 122 valence electrons. The van der Waals surface area contributed by atoms with Gasteiger partial charge < -0.3 is 5.11 Å². The van der Waals surface area contributed by atoms with Gasteiger partial charge in [0.1, 0.15) is 11.5 Å². The van der Waals surface area contributed by atoms with Gasteiger partial charge in [-0.05, 0) is 42.0 Å². The number of halogens is 1. The van der Waals surface area contributed by atoms with E-state index in [1.165, 1.54) is 12.1 Å². The summed E-state index contributed by atoms with van der Waals surface area (Å²) in [5.74, 6) is 0.134. The number of nitrogens with zero attached hydrogens (tertiary/aromatic N) is 3. The van der Waals surface area contributed by atoms with Crippen LogP contribution in [0.4, 0.5) is 4.39 Å². The van der Waals surface area contributed by atoms with Gasteiger partial charge in [0.15, 0.2) is 5.82 Å². The third-order valence-electron chi connectivity index (χ3n) is 3.98. The molecule has 0 amide bonds. The van der Waals surface area contributed by atoms with Crippen molar-refractivity contribution in [2.45, 2.75) is 6.61 Å². The Morgan fingerprint density at radius 2 is 1.72 bits per heavy atom. The van der Waals surface area contributed by atoms with Gasteiger partial charge in [-0.1, -0.05) is 24.3 Å². The summed E-state index contributed by atoms with van der Waals surface area (Å²) in [6, 6.07) is 17.5. The fourth-order valence-corrected chi connectivity index (χ4v) is 2.75. The minimum Gasteiger partial charge on any atom is -0.392 e. The minimum atomic E-state index is -0.387. The van der Waals surface area contributed by atoms with Crippen LogP contribution in [-0.4, -0.2) is 20.1 Å². The first-order chi connectivity index (χ1) is 12.2. The molecule has 4 rings (SSSR count). The fourth-order valence-electron chi connectivity index (χ4n) is 2.75. The van der Waals surface area contributed by atoms with Crippen molar-refractivity contribution >= 4 is 10.9 Å². The molecule has 0 atom stereocenters. The third kappa shape index (κ3) is 2.97. The van der Waals surface area contributed by atoms with E-state index >= 15 is 0 Å². The topological polar surface area (TPSA) is 58.9 Å². The van der Waals surface area contributed by atoms with Crippen LogP contribution in [0.25, 0.3) is 33.7 Å². The maximum Gasteiger partial charge on any atom is 0.178 e. The largest absolute Gasteiger partial charge is 0.392 e. The Kier molecular flexibility index (Phi) is 3.91. The number of aliphatic hydroxyl groups is 1. The van der Waals surface area contributed by atoms with Gasteiger partial charge in [0, 0.05) is 17.1 Å². The first-order valence-electron chi connectivity index (χ1n) is 7.83. The van der Waals surface area contributed by atoms with Crippen LogP contribution in [-0.2, 0) is 6.61 Å². The van der Waals surface area contributed by atoms with Gasteiger partial charge in [-0.3, -0.25) is 0 Å². The molecule has 2 aromatic carbocycles. The Hall–Kier alpha value is -3.18. The zero-order chi connectivity index (χ0) is 17.2. The average molecular weight is 331 g/mol. The zero-order valence-corrected chi connectivity index (χ0v) is 13.2. The summed E-state index contributed by atoms with van der Waals surface area (Å²) in [5.41, 5.74) is 3.28. The van der Waals surface area contributed by atoms with Crippen molar-refractivity contribution in [3.8, 4) is 22.8 Å². The van der Waals surface area contributed by atoms with Crippen LogP contribution in [0.5, 0.6) is 0 Å². The summed E-state index contributed by atoms with van der Waals surface area (Å²) in [6.45, 7) is -0.258. The molecular weight excluding hydrogens is 317 g/mol. The predicted octanol–water partition coefficient (Wildman–Crippen LogP) is 3.99. The van der Waals surface area contributed by atoms with Crippen LogP contribution in [0.3, 0.4) is 0 Å². The summed E-state index contributed by atoms with van der Waals surface area (Å²) in [5, 5.41) is 10.5. The Morgan fingerprint density at radius 3 is 2.60 bits per heavy atom. The summed E-state index contributed by atoms with van der Waals surface area (Å²) >= 11 is 0. The normalized spacial score (nSPS) is 11.0. The number of para-hydroxylation sites is 1. The Morgan fingerprint density at radius 1 is 0.880 bits per heavy atom. The van der Waals surface area contributed by atoms with Crippen LogP contribution in [0, 0.1) is 5.82 Å². The van der Waals surface area contributed by atoms with E-state index in [9.17, 15) is 9.50 Å². The van der Waals surface area contributed by atoms with Gasteiger partial charge >= 0.3 is 0 Å². The highest BCUT2D eigenvalue weighted by molar-refractivity contribution is 5.79. The monoisotopic (exact) mass is 331 g/mol. The lowest BCUT2D eigenvalue weighted by molar-refractivity contribution is 0.281. The number of aliphatic hydroxyl groups excluding tert-OH is 1. The molecule has 0 saturated carbocycles. The first kappa shape index (κ1) is 15.4. The van der Waals surface area contributed by atoms with E-state index in [1.807, 2.05) is 42.5 Å². The van der Waals surface area contributed by atoms with Gasteiger partial charge in [0.25, 0.3) is 0 Å². The van der Waals surface area contributed by atoms with E-state index in [-0.39, 0.29) is 12.4 Å². The van der Waals surface area contributed by atoms with E-state index in [4.69, 9.17) is 0 Å². The Labute approximate surface area is 143 Å². The van der Waals surface area contributed by atoms with Crippen molar-refractivity contribution in [3.63, 3.8) is 0 Å². The second-order valence-corrected chi connectivity index (χ2v) is 5.62. The van der Waals surface area contributed by atoms with Crippen LogP contribution in [0.15, 0.2) is 66.9 Å². The standard InChI is InChI=1S/C20H14FN3O/c21-15-8-9-16(14(10-15)12-25)18-6-3-7-19(23-18)20-22-11-13-4-1-2-5-17(13)24-20/h1-11,25H,12H2. The molecule has 0 saturated heterocycles. The molecular formula is C20H14FN3O. The van der Waals surface area contributed by atoms with Crippen LogP contribution < -0.4 is 0 Å². The SMILES string of the molecule is OCc1cc(F)ccc1-c1cccc(-c2ncc3ccccc3n2)n1. The van der Waals surface area contributed by atoms with Crippen LogP contribution >= 0.6 is 0 Å². The maximum atomic E-state index is 13.4. The van der Waals surface area contributed by atoms with E-state index < -0.39 is 0 Å². The van der Waals surface area contributed by atoms with E-state index in [0.29, 0.717) is 28.3 Å². The Bertz CT molecular complexity index is 1070. The number of rotatable bonds is 3. The zero-order valence-electron chi connectivity index (χ0n) is 13.2. The molecule has 0 spiro atoms. The lowest BCUT2D eigenvalue weighted by Crippen LogP contribution is -1.96. The quantitative estimate of drug-likeness (QED) is 0.617. The van der Waals surface area contributed by atoms with Crippen LogP contribution in [0.1, 0.15) is 5.56 Å². The predicted molar refractivity (Wildman–Crippen MR) is 94.1 cm³/mol. The van der Waals surface area contributed by atoms with Crippen molar-refractivity contribution in [1.82, 2.24) is 15.0 Å². The lowest BCUT2D eigenvalue weighted by atomic mass is 10.0. The minimum absolute atomic E-state index is 0.258. The molecule has 0 aliphatic carbocycles. The number of aromatic nitrogens is 3. The summed E-state index contributed by atoms with van der Waals surface area (Å²) in [6.07, 6.45) is 1.77. The number of fused-ring (bicyclic) bond motifs is 1. The lowest BCUT2D eigenvalue weighted by Gasteiger charge is -2.09. The van der Waals surface area contributed by atoms with Crippen molar-refractivity contribution in [2.24, 2.45) is 0 Å². The number of pyridine rings is 1. The molecule has 4 nitrogen and oxygen atoms in total.